The highest BCUT2D eigenvalue weighted by Gasteiger charge is 2.23. The quantitative estimate of drug-likeness (QED) is 0.588. The van der Waals surface area contributed by atoms with Crippen LogP contribution in [0, 0.1) is 3.57 Å². The molecule has 1 unspecified atom stereocenters. The molecular weight excluding hydrogens is 371 g/mol. The third-order valence-corrected chi connectivity index (χ3v) is 3.89. The number of hydrogen-bond acceptors (Lipinski definition) is 4. The Morgan fingerprint density at radius 2 is 2.15 bits per heavy atom. The van der Waals surface area contributed by atoms with Gasteiger partial charge in [-0.1, -0.05) is 12.1 Å². The SMILES string of the molecule is COCC(C)(CCO)NCC(=O)Nc1ccccc1I. The summed E-state index contributed by atoms with van der Waals surface area (Å²) in [5.74, 6) is -0.116. The maximum absolute atomic E-state index is 11.9. The van der Waals surface area contributed by atoms with E-state index in [0.29, 0.717) is 13.0 Å². The van der Waals surface area contributed by atoms with Crippen LogP contribution in [0.25, 0.3) is 0 Å². The van der Waals surface area contributed by atoms with Gasteiger partial charge in [-0.15, -0.1) is 0 Å². The van der Waals surface area contributed by atoms with Gasteiger partial charge < -0.3 is 20.5 Å². The lowest BCUT2D eigenvalue weighted by atomic mass is 9.99. The van der Waals surface area contributed by atoms with Crippen molar-refractivity contribution >= 4 is 34.2 Å². The zero-order valence-electron chi connectivity index (χ0n) is 11.8. The molecule has 0 fully saturated rings. The number of amides is 1. The van der Waals surface area contributed by atoms with Crippen LogP contribution in [0.3, 0.4) is 0 Å². The van der Waals surface area contributed by atoms with Gasteiger partial charge >= 0.3 is 0 Å². The van der Waals surface area contributed by atoms with Crippen molar-refractivity contribution in [2.45, 2.75) is 18.9 Å². The average molecular weight is 392 g/mol. The molecule has 1 aromatic carbocycles. The fraction of sp³-hybridized carbons (Fsp3) is 0.500. The molecule has 5 nitrogen and oxygen atoms in total. The summed E-state index contributed by atoms with van der Waals surface area (Å²) < 4.78 is 6.12. The number of benzene rings is 1. The lowest BCUT2D eigenvalue weighted by Crippen LogP contribution is -2.49. The van der Waals surface area contributed by atoms with Gasteiger partial charge in [-0.3, -0.25) is 4.79 Å². The summed E-state index contributed by atoms with van der Waals surface area (Å²) in [5, 5.41) is 15.1. The first-order chi connectivity index (χ1) is 9.50. The molecule has 1 rings (SSSR count). The van der Waals surface area contributed by atoms with Gasteiger partial charge in [0.2, 0.25) is 5.91 Å². The average Bonchev–Trinajstić information content (AvgIpc) is 2.40. The molecule has 0 aliphatic rings. The summed E-state index contributed by atoms with van der Waals surface area (Å²) in [5.41, 5.74) is 0.389. The van der Waals surface area contributed by atoms with E-state index in [1.54, 1.807) is 7.11 Å². The number of carbonyl (C=O) groups excluding carboxylic acids is 1. The number of aliphatic hydroxyl groups is 1. The predicted octanol–water partition coefficient (Wildman–Crippen LogP) is 1.61. The van der Waals surface area contributed by atoms with Crippen molar-refractivity contribution in [3.63, 3.8) is 0 Å². The fourth-order valence-electron chi connectivity index (χ4n) is 1.83. The highest BCUT2D eigenvalue weighted by atomic mass is 127. The molecule has 0 bridgehead atoms. The van der Waals surface area contributed by atoms with Gasteiger partial charge in [0.25, 0.3) is 0 Å². The molecule has 0 saturated heterocycles. The Morgan fingerprint density at radius 3 is 2.75 bits per heavy atom. The number of anilines is 1. The minimum absolute atomic E-state index is 0.0467. The van der Waals surface area contributed by atoms with Crippen molar-refractivity contribution < 1.29 is 14.6 Å². The number of rotatable bonds is 8. The molecule has 0 saturated carbocycles. The monoisotopic (exact) mass is 392 g/mol. The van der Waals surface area contributed by atoms with Crippen LogP contribution in [0.15, 0.2) is 24.3 Å². The van der Waals surface area contributed by atoms with Gasteiger partial charge in [-0.05, 0) is 48.1 Å². The van der Waals surface area contributed by atoms with Gasteiger partial charge in [-0.25, -0.2) is 0 Å². The molecule has 0 heterocycles. The van der Waals surface area contributed by atoms with E-state index in [9.17, 15) is 4.79 Å². The first-order valence-corrected chi connectivity index (χ1v) is 7.48. The number of nitrogens with one attached hydrogen (secondary N) is 2. The lowest BCUT2D eigenvalue weighted by molar-refractivity contribution is -0.115. The molecule has 0 spiro atoms. The minimum atomic E-state index is -0.412. The zero-order chi connectivity index (χ0) is 15.0. The Morgan fingerprint density at radius 1 is 1.45 bits per heavy atom. The predicted molar refractivity (Wildman–Crippen MR) is 87.8 cm³/mol. The number of methoxy groups -OCH3 is 1. The smallest absolute Gasteiger partial charge is 0.238 e. The molecule has 0 aliphatic heterocycles. The summed E-state index contributed by atoms with van der Waals surface area (Å²) in [6.07, 6.45) is 0.525. The Labute approximate surface area is 133 Å². The summed E-state index contributed by atoms with van der Waals surface area (Å²) in [7, 11) is 1.60. The van der Waals surface area contributed by atoms with E-state index in [4.69, 9.17) is 9.84 Å². The normalized spacial score (nSPS) is 13.8. The molecule has 1 amide bonds. The third-order valence-electron chi connectivity index (χ3n) is 2.95. The number of hydrogen-bond donors (Lipinski definition) is 3. The highest BCUT2D eigenvalue weighted by molar-refractivity contribution is 14.1. The van der Waals surface area contributed by atoms with Gasteiger partial charge in [0.15, 0.2) is 0 Å². The minimum Gasteiger partial charge on any atom is -0.396 e. The molecule has 0 aliphatic carbocycles. The van der Waals surface area contributed by atoms with Crippen molar-refractivity contribution in [1.29, 1.82) is 0 Å². The second-order valence-corrected chi connectivity index (χ2v) is 6.01. The van der Waals surface area contributed by atoms with Crippen LogP contribution < -0.4 is 10.6 Å². The van der Waals surface area contributed by atoms with E-state index in [0.717, 1.165) is 9.26 Å². The van der Waals surface area contributed by atoms with Crippen LogP contribution in [-0.4, -0.2) is 43.4 Å². The number of carbonyl (C=O) groups is 1. The number of para-hydroxylation sites is 1. The second-order valence-electron chi connectivity index (χ2n) is 4.85. The van der Waals surface area contributed by atoms with Crippen LogP contribution >= 0.6 is 22.6 Å². The molecule has 0 aromatic heterocycles. The van der Waals surface area contributed by atoms with Crippen LogP contribution in [-0.2, 0) is 9.53 Å². The van der Waals surface area contributed by atoms with E-state index in [-0.39, 0.29) is 19.1 Å². The Hall–Kier alpha value is -0.700. The number of aliphatic hydroxyl groups excluding tert-OH is 1. The fourth-order valence-corrected chi connectivity index (χ4v) is 2.35. The molecule has 1 aromatic rings. The molecule has 20 heavy (non-hydrogen) atoms. The second kappa shape index (κ2) is 8.56. The Bertz CT molecular complexity index is 434. The van der Waals surface area contributed by atoms with Crippen LogP contribution in [0.5, 0.6) is 0 Å². The van der Waals surface area contributed by atoms with E-state index in [2.05, 4.69) is 33.2 Å². The maximum atomic E-state index is 11.9. The topological polar surface area (TPSA) is 70.6 Å². The maximum Gasteiger partial charge on any atom is 0.238 e. The molecule has 112 valence electrons. The van der Waals surface area contributed by atoms with E-state index in [1.165, 1.54) is 0 Å². The van der Waals surface area contributed by atoms with Gasteiger partial charge in [0, 0.05) is 22.8 Å². The number of ether oxygens (including phenoxy) is 1. The Balaban J connectivity index is 2.52. The summed E-state index contributed by atoms with van der Waals surface area (Å²) >= 11 is 2.18. The van der Waals surface area contributed by atoms with Crippen LogP contribution in [0.4, 0.5) is 5.69 Å². The van der Waals surface area contributed by atoms with Crippen LogP contribution in [0.1, 0.15) is 13.3 Å². The van der Waals surface area contributed by atoms with E-state index < -0.39 is 5.54 Å². The molecule has 1 atom stereocenters. The van der Waals surface area contributed by atoms with Gasteiger partial charge in [0.05, 0.1) is 18.8 Å². The summed E-state index contributed by atoms with van der Waals surface area (Å²) in [6.45, 7) is 2.58. The van der Waals surface area contributed by atoms with Gasteiger partial charge in [0.1, 0.15) is 0 Å². The molecular formula is C14H21IN2O3. The number of halogens is 1. The summed E-state index contributed by atoms with van der Waals surface area (Å²) in [4.78, 5) is 11.9. The molecule has 0 radical (unpaired) electrons. The standard InChI is InChI=1S/C14H21IN2O3/c1-14(7-8-18,10-20-2)16-9-13(19)17-12-6-4-3-5-11(12)15/h3-6,16,18H,7-10H2,1-2H3,(H,17,19). The van der Waals surface area contributed by atoms with Crippen molar-refractivity contribution in [2.24, 2.45) is 0 Å². The van der Waals surface area contributed by atoms with E-state index in [1.807, 2.05) is 31.2 Å². The first-order valence-electron chi connectivity index (χ1n) is 6.40. The highest BCUT2D eigenvalue weighted by Crippen LogP contribution is 2.16. The zero-order valence-corrected chi connectivity index (χ0v) is 13.9. The van der Waals surface area contributed by atoms with Crippen LogP contribution in [0.2, 0.25) is 0 Å². The van der Waals surface area contributed by atoms with Crippen molar-refractivity contribution in [3.05, 3.63) is 27.8 Å². The third kappa shape index (κ3) is 5.74. The molecule has 3 N–H and O–H groups in total. The van der Waals surface area contributed by atoms with Crippen molar-refractivity contribution in [2.75, 3.05) is 32.2 Å². The van der Waals surface area contributed by atoms with Crippen molar-refractivity contribution in [3.8, 4) is 0 Å². The summed E-state index contributed by atoms with van der Waals surface area (Å²) in [6, 6.07) is 7.60. The lowest BCUT2D eigenvalue weighted by Gasteiger charge is -2.29. The first kappa shape index (κ1) is 17.4. The van der Waals surface area contributed by atoms with Crippen molar-refractivity contribution in [1.82, 2.24) is 5.32 Å². The van der Waals surface area contributed by atoms with E-state index >= 15 is 0 Å². The Kier molecular flexibility index (Phi) is 7.42. The molecule has 6 heteroatoms. The largest absolute Gasteiger partial charge is 0.396 e. The van der Waals surface area contributed by atoms with Gasteiger partial charge in [-0.2, -0.15) is 0 Å².